The monoisotopic (exact) mass is 412 g/mol. The van der Waals surface area contributed by atoms with Crippen LogP contribution in [-0.2, 0) is 14.3 Å². The van der Waals surface area contributed by atoms with E-state index in [-0.39, 0.29) is 17.8 Å². The van der Waals surface area contributed by atoms with E-state index >= 15 is 0 Å². The van der Waals surface area contributed by atoms with Crippen molar-refractivity contribution in [2.24, 2.45) is 10.9 Å². The molecule has 152 valence electrons. The summed E-state index contributed by atoms with van der Waals surface area (Å²) in [5.74, 6) is -0.810. The van der Waals surface area contributed by atoms with Crippen LogP contribution in [0.4, 0.5) is 5.69 Å². The van der Waals surface area contributed by atoms with Crippen molar-refractivity contribution in [2.75, 3.05) is 12.4 Å². The Morgan fingerprint density at radius 2 is 1.93 bits per heavy atom. The third-order valence-electron chi connectivity index (χ3n) is 5.31. The van der Waals surface area contributed by atoms with Crippen LogP contribution in [0.3, 0.4) is 0 Å². The number of carbonyl (C=O) groups is 2. The molecule has 1 fully saturated rings. The number of amides is 1. The van der Waals surface area contributed by atoms with Crippen LogP contribution in [0.1, 0.15) is 44.2 Å². The van der Waals surface area contributed by atoms with Crippen molar-refractivity contribution < 1.29 is 14.3 Å². The number of aliphatic imine (C=N–C) groups is 1. The number of ether oxygens (including phenoxy) is 1. The first kappa shape index (κ1) is 21.1. The van der Waals surface area contributed by atoms with Crippen LogP contribution in [0.5, 0.6) is 0 Å². The number of hydrogen-bond donors (Lipinski definition) is 1. The molecule has 1 spiro atoms. The Balaban J connectivity index is 0.00000117. The zero-order valence-corrected chi connectivity index (χ0v) is 17.6. The van der Waals surface area contributed by atoms with E-state index in [9.17, 15) is 9.59 Å². The van der Waals surface area contributed by atoms with Crippen molar-refractivity contribution in [3.8, 4) is 0 Å². The van der Waals surface area contributed by atoms with E-state index in [0.29, 0.717) is 35.7 Å². The van der Waals surface area contributed by atoms with E-state index in [4.69, 9.17) is 21.3 Å². The summed E-state index contributed by atoms with van der Waals surface area (Å²) in [6.45, 7) is 4.00. The standard InChI is InChI=1S/C21H19ClN2O3.C2H6/c1-27-19(25)14-9-10-21(12-14)20(26)23-17-8-7-15(22)11-16(17)18(24-21)13-5-3-2-4-6-13;1-2/h2-8,11,14H,9-10,12H2,1H3,(H,23,26);1-2H3. The van der Waals surface area contributed by atoms with E-state index in [1.807, 2.05) is 50.2 Å². The molecule has 0 aromatic heterocycles. The minimum atomic E-state index is -0.991. The molecule has 2 aromatic rings. The molecule has 1 aliphatic carbocycles. The average Bonchev–Trinajstić information content (AvgIpc) is 3.15. The molecule has 1 amide bonds. The molecule has 2 atom stereocenters. The van der Waals surface area contributed by atoms with E-state index in [2.05, 4.69) is 5.32 Å². The van der Waals surface area contributed by atoms with Gasteiger partial charge in [0.05, 0.1) is 24.4 Å². The summed E-state index contributed by atoms with van der Waals surface area (Å²) in [4.78, 5) is 30.1. The normalized spacial score (nSPS) is 22.6. The van der Waals surface area contributed by atoms with Crippen molar-refractivity contribution in [3.05, 3.63) is 64.7 Å². The molecule has 2 unspecified atom stereocenters. The van der Waals surface area contributed by atoms with E-state index in [1.165, 1.54) is 7.11 Å². The van der Waals surface area contributed by atoms with Gasteiger partial charge in [-0.1, -0.05) is 55.8 Å². The molecule has 5 nitrogen and oxygen atoms in total. The van der Waals surface area contributed by atoms with Crippen LogP contribution in [-0.4, -0.2) is 30.2 Å². The summed E-state index contributed by atoms with van der Waals surface area (Å²) in [5.41, 5.74) is 2.07. The smallest absolute Gasteiger partial charge is 0.308 e. The Morgan fingerprint density at radius 3 is 2.62 bits per heavy atom. The second-order valence-electron chi connectivity index (χ2n) is 6.96. The second kappa shape index (κ2) is 8.78. The number of halogens is 1. The number of nitrogens with one attached hydrogen (secondary N) is 1. The molecule has 2 aromatic carbocycles. The molecule has 6 heteroatoms. The van der Waals surface area contributed by atoms with Gasteiger partial charge < -0.3 is 10.1 Å². The maximum atomic E-state index is 13.1. The predicted octanol–water partition coefficient (Wildman–Crippen LogP) is 4.87. The minimum absolute atomic E-state index is 0.191. The molecule has 1 N–H and O–H groups in total. The zero-order valence-electron chi connectivity index (χ0n) is 16.9. The van der Waals surface area contributed by atoms with Gasteiger partial charge in [0.15, 0.2) is 0 Å². The fourth-order valence-electron chi connectivity index (χ4n) is 3.90. The van der Waals surface area contributed by atoms with E-state index < -0.39 is 5.54 Å². The van der Waals surface area contributed by atoms with E-state index in [0.717, 1.165) is 11.1 Å². The van der Waals surface area contributed by atoms with Crippen LogP contribution >= 0.6 is 11.6 Å². The van der Waals surface area contributed by atoms with Gasteiger partial charge in [-0.25, -0.2) is 0 Å². The molecular formula is C23H25ClN2O3. The van der Waals surface area contributed by atoms with Gasteiger partial charge in [-0.15, -0.1) is 0 Å². The lowest BCUT2D eigenvalue weighted by atomic mass is 9.94. The lowest BCUT2D eigenvalue weighted by molar-refractivity contribution is -0.145. The molecule has 1 aliphatic heterocycles. The summed E-state index contributed by atoms with van der Waals surface area (Å²) in [5, 5.41) is 3.57. The molecule has 0 saturated heterocycles. The lowest BCUT2D eigenvalue weighted by Crippen LogP contribution is -2.39. The highest BCUT2D eigenvalue weighted by atomic mass is 35.5. The Labute approximate surface area is 176 Å². The Hall–Kier alpha value is -2.66. The molecule has 0 bridgehead atoms. The number of nitrogens with zero attached hydrogens (tertiary/aromatic N) is 1. The van der Waals surface area contributed by atoms with Crippen LogP contribution in [0.2, 0.25) is 5.02 Å². The third kappa shape index (κ3) is 4.06. The summed E-state index contributed by atoms with van der Waals surface area (Å²) in [6.07, 6.45) is 1.41. The Morgan fingerprint density at radius 1 is 1.21 bits per heavy atom. The molecule has 4 rings (SSSR count). The topological polar surface area (TPSA) is 67.8 Å². The van der Waals surface area contributed by atoms with Crippen molar-refractivity contribution in [2.45, 2.75) is 38.6 Å². The predicted molar refractivity (Wildman–Crippen MR) is 116 cm³/mol. The summed E-state index contributed by atoms with van der Waals surface area (Å²) in [7, 11) is 1.37. The number of benzene rings is 2. The first-order valence-electron chi connectivity index (χ1n) is 9.87. The van der Waals surface area contributed by atoms with Gasteiger partial charge in [-0.2, -0.15) is 0 Å². The average molecular weight is 413 g/mol. The maximum Gasteiger partial charge on any atom is 0.308 e. The Bertz CT molecular complexity index is 942. The third-order valence-corrected chi connectivity index (χ3v) is 5.54. The summed E-state index contributed by atoms with van der Waals surface area (Å²) < 4.78 is 4.89. The van der Waals surface area contributed by atoms with Gasteiger partial charge in [0.2, 0.25) is 0 Å². The van der Waals surface area contributed by atoms with Crippen LogP contribution in [0, 0.1) is 5.92 Å². The molecule has 0 radical (unpaired) electrons. The number of anilines is 1. The van der Waals surface area contributed by atoms with Gasteiger partial charge >= 0.3 is 5.97 Å². The fourth-order valence-corrected chi connectivity index (χ4v) is 4.07. The van der Waals surface area contributed by atoms with Crippen LogP contribution in [0.25, 0.3) is 0 Å². The van der Waals surface area contributed by atoms with Crippen LogP contribution in [0.15, 0.2) is 53.5 Å². The number of fused-ring (bicyclic) bond motifs is 1. The largest absolute Gasteiger partial charge is 0.469 e. The molecular weight excluding hydrogens is 388 g/mol. The van der Waals surface area contributed by atoms with Crippen molar-refractivity contribution in [1.29, 1.82) is 0 Å². The molecule has 29 heavy (non-hydrogen) atoms. The number of hydrogen-bond acceptors (Lipinski definition) is 4. The molecule has 2 aliphatic rings. The quantitative estimate of drug-likeness (QED) is 0.715. The van der Waals surface area contributed by atoms with Gasteiger partial charge in [0.25, 0.3) is 5.91 Å². The van der Waals surface area contributed by atoms with Gasteiger partial charge in [-0.05, 0) is 37.5 Å². The van der Waals surface area contributed by atoms with Gasteiger partial charge in [-0.3, -0.25) is 14.6 Å². The van der Waals surface area contributed by atoms with Crippen molar-refractivity contribution in [1.82, 2.24) is 0 Å². The summed E-state index contributed by atoms with van der Waals surface area (Å²) in [6, 6.07) is 15.1. The highest BCUT2D eigenvalue weighted by molar-refractivity contribution is 6.32. The van der Waals surface area contributed by atoms with E-state index in [1.54, 1.807) is 12.1 Å². The van der Waals surface area contributed by atoms with Crippen molar-refractivity contribution in [3.63, 3.8) is 0 Å². The number of rotatable bonds is 2. The number of carbonyl (C=O) groups excluding carboxylic acids is 2. The SMILES string of the molecule is CC.COC(=O)C1CCC2(C1)N=C(c1ccccc1)c1cc(Cl)ccc1NC2=O. The first-order valence-corrected chi connectivity index (χ1v) is 10.2. The summed E-state index contributed by atoms with van der Waals surface area (Å²) >= 11 is 6.22. The number of esters is 1. The minimum Gasteiger partial charge on any atom is -0.469 e. The highest BCUT2D eigenvalue weighted by Crippen LogP contribution is 2.42. The van der Waals surface area contributed by atoms with Gasteiger partial charge in [0, 0.05) is 16.1 Å². The zero-order chi connectivity index (χ0) is 21.0. The second-order valence-corrected chi connectivity index (χ2v) is 7.40. The molecule has 1 saturated carbocycles. The molecule has 1 heterocycles. The fraction of sp³-hybridized carbons (Fsp3) is 0.348. The van der Waals surface area contributed by atoms with Crippen LogP contribution < -0.4 is 5.32 Å². The highest BCUT2D eigenvalue weighted by Gasteiger charge is 2.49. The first-order chi connectivity index (χ1) is 14.0. The maximum absolute atomic E-state index is 13.1. The lowest BCUT2D eigenvalue weighted by Gasteiger charge is -2.22. The number of methoxy groups -OCH3 is 1. The van der Waals surface area contributed by atoms with Gasteiger partial charge in [0.1, 0.15) is 5.54 Å². The van der Waals surface area contributed by atoms with Crippen molar-refractivity contribution >= 4 is 34.9 Å². The Kier molecular flexibility index (Phi) is 6.38.